The van der Waals surface area contributed by atoms with E-state index in [1.165, 1.54) is 0 Å². The SMILES string of the molecule is C=CCN(C)c1nccc(C#N)c1Cl. The van der Waals surface area contributed by atoms with Crippen LogP contribution in [0.3, 0.4) is 0 Å². The monoisotopic (exact) mass is 207 g/mol. The summed E-state index contributed by atoms with van der Waals surface area (Å²) < 4.78 is 0. The van der Waals surface area contributed by atoms with Crippen LogP contribution in [-0.4, -0.2) is 18.6 Å². The number of aromatic nitrogens is 1. The minimum absolute atomic E-state index is 0.388. The van der Waals surface area contributed by atoms with E-state index in [-0.39, 0.29) is 0 Å². The summed E-state index contributed by atoms with van der Waals surface area (Å²) >= 11 is 5.98. The largest absolute Gasteiger partial charge is 0.355 e. The van der Waals surface area contributed by atoms with E-state index in [0.29, 0.717) is 22.9 Å². The van der Waals surface area contributed by atoms with Gasteiger partial charge < -0.3 is 4.90 Å². The van der Waals surface area contributed by atoms with Crippen LogP contribution in [0.15, 0.2) is 24.9 Å². The van der Waals surface area contributed by atoms with Crippen LogP contribution in [0.25, 0.3) is 0 Å². The fraction of sp³-hybridized carbons (Fsp3) is 0.200. The molecule has 0 spiro atoms. The Bertz CT molecular complexity index is 381. The molecular weight excluding hydrogens is 198 g/mol. The first-order chi connectivity index (χ1) is 6.70. The zero-order valence-electron chi connectivity index (χ0n) is 7.87. The standard InChI is InChI=1S/C10H10ClN3/c1-3-6-14(2)10-9(11)8(7-12)4-5-13-10/h3-5H,1,6H2,2H3. The van der Waals surface area contributed by atoms with Gasteiger partial charge >= 0.3 is 0 Å². The Morgan fingerprint density at radius 1 is 1.79 bits per heavy atom. The number of likely N-dealkylation sites (N-methyl/N-ethyl adjacent to an activating group) is 1. The number of nitriles is 1. The highest BCUT2D eigenvalue weighted by molar-refractivity contribution is 6.34. The number of rotatable bonds is 3. The molecule has 0 aliphatic carbocycles. The highest BCUT2D eigenvalue weighted by Gasteiger charge is 2.09. The number of anilines is 1. The van der Waals surface area contributed by atoms with Gasteiger partial charge in [0.2, 0.25) is 0 Å². The highest BCUT2D eigenvalue weighted by Crippen LogP contribution is 2.25. The summed E-state index contributed by atoms with van der Waals surface area (Å²) in [4.78, 5) is 5.93. The molecule has 0 amide bonds. The van der Waals surface area contributed by atoms with Gasteiger partial charge in [0.1, 0.15) is 16.9 Å². The Morgan fingerprint density at radius 3 is 3.07 bits per heavy atom. The van der Waals surface area contributed by atoms with Crippen molar-refractivity contribution in [2.45, 2.75) is 0 Å². The van der Waals surface area contributed by atoms with Gasteiger partial charge in [0.15, 0.2) is 0 Å². The number of hydrogen-bond donors (Lipinski definition) is 0. The molecule has 1 heterocycles. The third kappa shape index (κ3) is 2.04. The lowest BCUT2D eigenvalue weighted by molar-refractivity contribution is 0.990. The molecule has 0 aromatic carbocycles. The molecule has 0 radical (unpaired) electrons. The maximum absolute atomic E-state index is 8.75. The van der Waals surface area contributed by atoms with E-state index in [0.717, 1.165) is 0 Å². The fourth-order valence-corrected chi connectivity index (χ4v) is 1.36. The van der Waals surface area contributed by atoms with E-state index in [9.17, 15) is 0 Å². The van der Waals surface area contributed by atoms with E-state index in [1.807, 2.05) is 18.0 Å². The van der Waals surface area contributed by atoms with Gasteiger partial charge in [-0.15, -0.1) is 6.58 Å². The van der Waals surface area contributed by atoms with Crippen molar-refractivity contribution in [3.63, 3.8) is 0 Å². The summed E-state index contributed by atoms with van der Waals surface area (Å²) in [6.07, 6.45) is 3.32. The Kier molecular flexibility index (Phi) is 3.49. The first kappa shape index (κ1) is 10.6. The molecule has 1 rings (SSSR count). The molecule has 0 fully saturated rings. The molecule has 1 aromatic heterocycles. The third-order valence-corrected chi connectivity index (χ3v) is 2.13. The summed E-state index contributed by atoms with van der Waals surface area (Å²) in [7, 11) is 1.84. The van der Waals surface area contributed by atoms with Crippen LogP contribution in [0.5, 0.6) is 0 Å². The Morgan fingerprint density at radius 2 is 2.50 bits per heavy atom. The quantitative estimate of drug-likeness (QED) is 0.714. The van der Waals surface area contributed by atoms with Gasteiger partial charge in [0, 0.05) is 19.8 Å². The second-order valence-corrected chi connectivity index (χ2v) is 3.16. The van der Waals surface area contributed by atoms with Crippen molar-refractivity contribution in [2.24, 2.45) is 0 Å². The molecule has 1 aromatic rings. The fourth-order valence-electron chi connectivity index (χ4n) is 1.07. The van der Waals surface area contributed by atoms with E-state index in [1.54, 1.807) is 18.3 Å². The van der Waals surface area contributed by atoms with E-state index < -0.39 is 0 Å². The summed E-state index contributed by atoms with van der Waals surface area (Å²) in [5.74, 6) is 0.602. The van der Waals surface area contributed by atoms with Crippen LogP contribution >= 0.6 is 11.6 Å². The average Bonchev–Trinajstić information content (AvgIpc) is 2.18. The molecule has 0 aliphatic rings. The number of nitrogens with zero attached hydrogens (tertiary/aromatic N) is 3. The minimum Gasteiger partial charge on any atom is -0.355 e. The zero-order valence-corrected chi connectivity index (χ0v) is 8.62. The summed E-state index contributed by atoms with van der Waals surface area (Å²) in [5.41, 5.74) is 0.438. The van der Waals surface area contributed by atoms with Gasteiger partial charge in [-0.3, -0.25) is 0 Å². The normalized spacial score (nSPS) is 9.21. The first-order valence-electron chi connectivity index (χ1n) is 4.07. The average molecular weight is 208 g/mol. The Labute approximate surface area is 88.2 Å². The molecule has 0 unspecified atom stereocenters. The van der Waals surface area contributed by atoms with Crippen molar-refractivity contribution >= 4 is 17.4 Å². The zero-order chi connectivity index (χ0) is 10.6. The van der Waals surface area contributed by atoms with Crippen molar-refractivity contribution in [3.8, 4) is 6.07 Å². The number of pyridine rings is 1. The number of halogens is 1. The van der Waals surface area contributed by atoms with Crippen molar-refractivity contribution < 1.29 is 0 Å². The molecule has 14 heavy (non-hydrogen) atoms. The van der Waals surface area contributed by atoms with Gasteiger partial charge in [-0.05, 0) is 6.07 Å². The van der Waals surface area contributed by atoms with Crippen LogP contribution < -0.4 is 4.90 Å². The van der Waals surface area contributed by atoms with Crippen molar-refractivity contribution in [1.82, 2.24) is 4.98 Å². The van der Waals surface area contributed by atoms with E-state index in [4.69, 9.17) is 16.9 Å². The number of hydrogen-bond acceptors (Lipinski definition) is 3. The Balaban J connectivity index is 3.10. The van der Waals surface area contributed by atoms with Crippen molar-refractivity contribution in [1.29, 1.82) is 5.26 Å². The lowest BCUT2D eigenvalue weighted by atomic mass is 10.3. The lowest BCUT2D eigenvalue weighted by Crippen LogP contribution is -2.18. The van der Waals surface area contributed by atoms with Gasteiger partial charge in [-0.25, -0.2) is 4.98 Å². The van der Waals surface area contributed by atoms with Crippen molar-refractivity contribution in [3.05, 3.63) is 35.5 Å². The molecule has 3 nitrogen and oxygen atoms in total. The van der Waals surface area contributed by atoms with Gasteiger partial charge in [-0.1, -0.05) is 17.7 Å². The van der Waals surface area contributed by atoms with Gasteiger partial charge in [-0.2, -0.15) is 5.26 Å². The van der Waals surface area contributed by atoms with Gasteiger partial charge in [0.25, 0.3) is 0 Å². The third-order valence-electron chi connectivity index (χ3n) is 1.76. The topological polar surface area (TPSA) is 39.9 Å². The molecule has 0 N–H and O–H groups in total. The highest BCUT2D eigenvalue weighted by atomic mass is 35.5. The predicted molar refractivity (Wildman–Crippen MR) is 57.4 cm³/mol. The Hall–Kier alpha value is -1.53. The minimum atomic E-state index is 0.388. The summed E-state index contributed by atoms with van der Waals surface area (Å²) in [6, 6.07) is 3.60. The molecule has 0 bridgehead atoms. The van der Waals surface area contributed by atoms with Crippen LogP contribution in [-0.2, 0) is 0 Å². The van der Waals surface area contributed by atoms with Crippen LogP contribution in [0, 0.1) is 11.3 Å². The van der Waals surface area contributed by atoms with Gasteiger partial charge in [0.05, 0.1) is 5.56 Å². The second kappa shape index (κ2) is 4.64. The molecule has 0 aliphatic heterocycles. The lowest BCUT2D eigenvalue weighted by Gasteiger charge is -2.17. The van der Waals surface area contributed by atoms with Crippen LogP contribution in [0.2, 0.25) is 5.02 Å². The maximum Gasteiger partial charge on any atom is 0.148 e. The molecule has 0 atom stereocenters. The van der Waals surface area contributed by atoms with Crippen LogP contribution in [0.4, 0.5) is 5.82 Å². The molecule has 4 heteroatoms. The smallest absolute Gasteiger partial charge is 0.148 e. The maximum atomic E-state index is 8.75. The van der Waals surface area contributed by atoms with E-state index >= 15 is 0 Å². The first-order valence-corrected chi connectivity index (χ1v) is 4.45. The van der Waals surface area contributed by atoms with Crippen molar-refractivity contribution in [2.75, 3.05) is 18.5 Å². The molecular formula is C10H10ClN3. The molecule has 0 saturated heterocycles. The molecule has 0 saturated carbocycles. The summed E-state index contributed by atoms with van der Waals surface area (Å²) in [6.45, 7) is 4.26. The predicted octanol–water partition coefficient (Wildman–Crippen LogP) is 2.23. The molecule has 72 valence electrons. The van der Waals surface area contributed by atoms with E-state index in [2.05, 4.69) is 11.6 Å². The van der Waals surface area contributed by atoms with Crippen LogP contribution in [0.1, 0.15) is 5.56 Å². The summed E-state index contributed by atoms with van der Waals surface area (Å²) in [5, 5.41) is 9.14. The second-order valence-electron chi connectivity index (χ2n) is 2.78.